The van der Waals surface area contributed by atoms with E-state index in [1.807, 2.05) is 0 Å². The van der Waals surface area contributed by atoms with Gasteiger partial charge in [-0.2, -0.15) is 0 Å². The van der Waals surface area contributed by atoms with E-state index in [9.17, 15) is 0 Å². The molecule has 0 spiro atoms. The molecule has 0 aromatic heterocycles. The molecule has 1 N–H and O–H groups in total. The van der Waals surface area contributed by atoms with Gasteiger partial charge in [0.1, 0.15) is 0 Å². The molecule has 2 heteroatoms. The first-order chi connectivity index (χ1) is 9.53. The van der Waals surface area contributed by atoms with Crippen molar-refractivity contribution >= 4 is 0 Å². The highest BCUT2D eigenvalue weighted by atomic mass is 15.1. The Bertz CT molecular complexity index is 240. The van der Waals surface area contributed by atoms with Crippen molar-refractivity contribution in [3.63, 3.8) is 0 Å². The number of nitrogens with zero attached hydrogens (tertiary/aromatic N) is 1. The maximum atomic E-state index is 3.71. The van der Waals surface area contributed by atoms with E-state index in [-0.39, 0.29) is 0 Å². The van der Waals surface area contributed by atoms with Crippen LogP contribution in [-0.4, -0.2) is 37.6 Å². The quantitative estimate of drug-likeness (QED) is 0.678. The Balaban J connectivity index is 2.50. The van der Waals surface area contributed by atoms with Crippen LogP contribution in [-0.2, 0) is 0 Å². The molecule has 1 aliphatic rings. The minimum atomic E-state index is 0.459. The van der Waals surface area contributed by atoms with Gasteiger partial charge in [-0.15, -0.1) is 0 Å². The second kappa shape index (κ2) is 9.04. The number of hydrogen-bond donors (Lipinski definition) is 1. The lowest BCUT2D eigenvalue weighted by molar-refractivity contribution is 0.102. The lowest BCUT2D eigenvalue weighted by atomic mass is 9.80. The van der Waals surface area contributed by atoms with E-state index in [1.165, 1.54) is 58.0 Å². The van der Waals surface area contributed by atoms with Gasteiger partial charge in [0.25, 0.3) is 0 Å². The summed E-state index contributed by atoms with van der Waals surface area (Å²) in [6.45, 7) is 12.9. The molecular formula is C18H38N2. The second-order valence-electron chi connectivity index (χ2n) is 7.44. The topological polar surface area (TPSA) is 15.3 Å². The van der Waals surface area contributed by atoms with Crippen LogP contribution in [0, 0.1) is 11.3 Å². The molecule has 20 heavy (non-hydrogen) atoms. The molecule has 0 aromatic carbocycles. The molecule has 0 bridgehead atoms. The van der Waals surface area contributed by atoms with Gasteiger partial charge in [0.15, 0.2) is 0 Å². The van der Waals surface area contributed by atoms with Crippen LogP contribution in [0.5, 0.6) is 0 Å². The standard InChI is InChI=1S/C18H38N2/c1-6-18(7-2,14-19-13-16(3)4)15-20(5)17-11-9-8-10-12-17/h16-17,19H,6-15H2,1-5H3. The smallest absolute Gasteiger partial charge is 0.00924 e. The van der Waals surface area contributed by atoms with Crippen LogP contribution < -0.4 is 5.32 Å². The van der Waals surface area contributed by atoms with Gasteiger partial charge in [-0.05, 0) is 50.6 Å². The van der Waals surface area contributed by atoms with Crippen LogP contribution in [0.4, 0.5) is 0 Å². The number of hydrogen-bond acceptors (Lipinski definition) is 2. The molecule has 0 atom stereocenters. The molecular weight excluding hydrogens is 244 g/mol. The first-order valence-corrected chi connectivity index (χ1v) is 8.94. The van der Waals surface area contributed by atoms with Gasteiger partial charge in [0, 0.05) is 19.1 Å². The van der Waals surface area contributed by atoms with E-state index in [0.717, 1.165) is 18.5 Å². The molecule has 0 unspecified atom stereocenters. The van der Waals surface area contributed by atoms with Crippen molar-refractivity contribution in [2.75, 3.05) is 26.7 Å². The molecule has 0 amide bonds. The number of nitrogens with one attached hydrogen (secondary N) is 1. The van der Waals surface area contributed by atoms with Gasteiger partial charge in [-0.1, -0.05) is 47.0 Å². The summed E-state index contributed by atoms with van der Waals surface area (Å²) in [7, 11) is 2.36. The van der Waals surface area contributed by atoms with Crippen molar-refractivity contribution in [1.29, 1.82) is 0 Å². The van der Waals surface area contributed by atoms with E-state index in [4.69, 9.17) is 0 Å². The van der Waals surface area contributed by atoms with Gasteiger partial charge in [-0.25, -0.2) is 0 Å². The molecule has 0 radical (unpaired) electrons. The highest BCUT2D eigenvalue weighted by molar-refractivity contribution is 4.85. The molecule has 120 valence electrons. The summed E-state index contributed by atoms with van der Waals surface area (Å²) < 4.78 is 0. The summed E-state index contributed by atoms with van der Waals surface area (Å²) >= 11 is 0. The zero-order chi connectivity index (χ0) is 15.0. The molecule has 0 heterocycles. The Labute approximate surface area is 127 Å². The van der Waals surface area contributed by atoms with Crippen LogP contribution in [0.2, 0.25) is 0 Å². The Morgan fingerprint density at radius 1 is 1.10 bits per heavy atom. The predicted octanol–water partition coefficient (Wildman–Crippen LogP) is 4.30. The van der Waals surface area contributed by atoms with Crippen molar-refractivity contribution < 1.29 is 0 Å². The maximum absolute atomic E-state index is 3.71. The maximum Gasteiger partial charge on any atom is 0.00924 e. The molecule has 0 aliphatic heterocycles. The summed E-state index contributed by atoms with van der Waals surface area (Å²) in [5, 5.41) is 3.71. The molecule has 1 rings (SSSR count). The first-order valence-electron chi connectivity index (χ1n) is 8.94. The second-order valence-corrected chi connectivity index (χ2v) is 7.44. The third-order valence-electron chi connectivity index (χ3n) is 5.34. The van der Waals surface area contributed by atoms with E-state index in [2.05, 4.69) is 45.0 Å². The van der Waals surface area contributed by atoms with Crippen LogP contribution in [0.1, 0.15) is 72.6 Å². The van der Waals surface area contributed by atoms with Gasteiger partial charge >= 0.3 is 0 Å². The molecule has 1 saturated carbocycles. The molecule has 0 aromatic rings. The molecule has 1 aliphatic carbocycles. The fourth-order valence-electron chi connectivity index (χ4n) is 3.59. The minimum Gasteiger partial charge on any atom is -0.316 e. The zero-order valence-corrected chi connectivity index (χ0v) is 14.7. The predicted molar refractivity (Wildman–Crippen MR) is 90.2 cm³/mol. The molecule has 2 nitrogen and oxygen atoms in total. The monoisotopic (exact) mass is 282 g/mol. The normalized spacial score (nSPS) is 18.1. The van der Waals surface area contributed by atoms with Crippen molar-refractivity contribution in [1.82, 2.24) is 10.2 Å². The SMILES string of the molecule is CCC(CC)(CNCC(C)C)CN(C)C1CCCCC1. The largest absolute Gasteiger partial charge is 0.316 e. The molecule has 0 saturated heterocycles. The summed E-state index contributed by atoms with van der Waals surface area (Å²) in [5.41, 5.74) is 0.459. The van der Waals surface area contributed by atoms with Gasteiger partial charge < -0.3 is 10.2 Å². The van der Waals surface area contributed by atoms with Crippen LogP contribution in [0.25, 0.3) is 0 Å². The van der Waals surface area contributed by atoms with Crippen molar-refractivity contribution in [3.05, 3.63) is 0 Å². The van der Waals surface area contributed by atoms with Gasteiger partial charge in [0.2, 0.25) is 0 Å². The van der Waals surface area contributed by atoms with Crippen molar-refractivity contribution in [2.24, 2.45) is 11.3 Å². The van der Waals surface area contributed by atoms with E-state index >= 15 is 0 Å². The van der Waals surface area contributed by atoms with Gasteiger partial charge in [-0.3, -0.25) is 0 Å². The lowest BCUT2D eigenvalue weighted by Crippen LogP contribution is -2.46. The van der Waals surface area contributed by atoms with E-state index < -0.39 is 0 Å². The van der Waals surface area contributed by atoms with Crippen LogP contribution in [0.3, 0.4) is 0 Å². The highest BCUT2D eigenvalue weighted by Crippen LogP contribution is 2.30. The van der Waals surface area contributed by atoms with Gasteiger partial charge in [0.05, 0.1) is 0 Å². The third kappa shape index (κ3) is 5.73. The van der Waals surface area contributed by atoms with E-state index in [1.54, 1.807) is 0 Å². The Hall–Kier alpha value is -0.0800. The Morgan fingerprint density at radius 2 is 1.70 bits per heavy atom. The summed E-state index contributed by atoms with van der Waals surface area (Å²) in [6.07, 6.45) is 9.72. The average molecular weight is 283 g/mol. The first kappa shape index (κ1) is 18.0. The Morgan fingerprint density at radius 3 is 2.20 bits per heavy atom. The van der Waals surface area contributed by atoms with Crippen molar-refractivity contribution in [2.45, 2.75) is 78.7 Å². The fraction of sp³-hybridized carbons (Fsp3) is 1.00. The summed E-state index contributed by atoms with van der Waals surface area (Å²) in [4.78, 5) is 2.67. The van der Waals surface area contributed by atoms with Crippen LogP contribution >= 0.6 is 0 Å². The fourth-order valence-corrected chi connectivity index (χ4v) is 3.59. The zero-order valence-electron chi connectivity index (χ0n) is 14.7. The highest BCUT2D eigenvalue weighted by Gasteiger charge is 2.30. The summed E-state index contributed by atoms with van der Waals surface area (Å²) in [6, 6.07) is 0.839. The molecule has 1 fully saturated rings. The lowest BCUT2D eigenvalue weighted by Gasteiger charge is -2.40. The third-order valence-corrected chi connectivity index (χ3v) is 5.34. The van der Waals surface area contributed by atoms with Crippen molar-refractivity contribution in [3.8, 4) is 0 Å². The van der Waals surface area contributed by atoms with E-state index in [0.29, 0.717) is 5.41 Å². The minimum absolute atomic E-state index is 0.459. The number of rotatable bonds is 9. The van der Waals surface area contributed by atoms with Crippen LogP contribution in [0.15, 0.2) is 0 Å². The summed E-state index contributed by atoms with van der Waals surface area (Å²) in [5.74, 6) is 0.748. The average Bonchev–Trinajstić information content (AvgIpc) is 2.46. The Kier molecular flexibility index (Phi) is 8.13.